The molecule has 0 bridgehead atoms. The van der Waals surface area contributed by atoms with E-state index in [-0.39, 0.29) is 47.9 Å². The lowest BCUT2D eigenvalue weighted by molar-refractivity contribution is -0.367. The summed E-state index contributed by atoms with van der Waals surface area (Å²) in [6, 6.07) is 0. The van der Waals surface area contributed by atoms with Gasteiger partial charge in [0.15, 0.2) is 12.6 Å². The third-order valence-corrected chi connectivity index (χ3v) is 16.3. The van der Waals surface area contributed by atoms with E-state index in [9.17, 15) is 55.5 Å². The molecule has 0 spiro atoms. The van der Waals surface area contributed by atoms with E-state index in [1.807, 2.05) is 0 Å². The molecule has 4 aliphatic carbocycles. The number of carboxylic acids is 1. The zero-order valence-electron chi connectivity index (χ0n) is 33.8. The number of aliphatic hydroxyl groups is 8. The minimum absolute atomic E-state index is 0.0666. The first-order valence-corrected chi connectivity index (χ1v) is 20.4. The average Bonchev–Trinajstić information content (AvgIpc) is 3.13. The molecule has 3 saturated carbocycles. The first-order valence-electron chi connectivity index (χ1n) is 20.4. The quantitative estimate of drug-likeness (QED) is 0.111. The normalized spacial score (nSPS) is 50.1. The number of hydrogen-bond donors (Lipinski definition) is 9. The third kappa shape index (κ3) is 6.92. The minimum atomic E-state index is -1.74. The van der Waals surface area contributed by atoms with Gasteiger partial charge in [0.05, 0.1) is 36.9 Å². The molecule has 0 radical (unpaired) electrons. The van der Waals surface area contributed by atoms with Gasteiger partial charge in [-0.3, -0.25) is 9.59 Å². The van der Waals surface area contributed by atoms with E-state index in [0.717, 1.165) is 19.3 Å². The molecule has 0 amide bonds. The topological polar surface area (TPSA) is 253 Å². The number of ketones is 1. The van der Waals surface area contributed by atoms with Crippen molar-refractivity contribution in [2.45, 2.75) is 173 Å². The molecular weight excluding hydrogens is 732 g/mol. The molecule has 5 fully saturated rings. The van der Waals surface area contributed by atoms with Gasteiger partial charge in [-0.05, 0) is 97.4 Å². The van der Waals surface area contributed by atoms with Gasteiger partial charge in [-0.1, -0.05) is 47.6 Å². The van der Waals surface area contributed by atoms with Crippen LogP contribution >= 0.6 is 0 Å². The Morgan fingerprint density at radius 2 is 1.55 bits per heavy atom. The van der Waals surface area contributed by atoms with Crippen LogP contribution in [0.4, 0.5) is 0 Å². The summed E-state index contributed by atoms with van der Waals surface area (Å²) in [5.74, 6) is -1.81. The molecule has 2 unspecified atom stereocenters. The van der Waals surface area contributed by atoms with Crippen LogP contribution in [0.1, 0.15) is 99.8 Å². The Morgan fingerprint density at radius 1 is 0.875 bits per heavy atom. The monoisotopic (exact) mass is 798 g/mol. The molecule has 9 N–H and O–H groups in total. The van der Waals surface area contributed by atoms with Crippen molar-refractivity contribution in [2.75, 3.05) is 13.2 Å². The minimum Gasteiger partial charge on any atom is -0.481 e. The van der Waals surface area contributed by atoms with Gasteiger partial charge in [0.1, 0.15) is 48.5 Å². The fraction of sp³-hybridized carbons (Fsp3) is 0.902. The van der Waals surface area contributed by atoms with Crippen LogP contribution in [-0.2, 0) is 28.5 Å². The third-order valence-electron chi connectivity index (χ3n) is 16.3. The molecular formula is C41H66O15. The predicted molar refractivity (Wildman–Crippen MR) is 197 cm³/mol. The van der Waals surface area contributed by atoms with Crippen LogP contribution in [0.25, 0.3) is 0 Å². The summed E-state index contributed by atoms with van der Waals surface area (Å²) < 4.78 is 24.1. The highest BCUT2D eigenvalue weighted by Gasteiger charge is 2.69. The van der Waals surface area contributed by atoms with Crippen LogP contribution in [0.3, 0.4) is 0 Å². The van der Waals surface area contributed by atoms with E-state index in [4.69, 9.17) is 18.9 Å². The maximum absolute atomic E-state index is 12.9. The van der Waals surface area contributed by atoms with Crippen LogP contribution < -0.4 is 0 Å². The molecule has 2 heterocycles. The van der Waals surface area contributed by atoms with E-state index < -0.39 is 108 Å². The number of carboxylic acid groups (broad SMARTS) is 1. The summed E-state index contributed by atoms with van der Waals surface area (Å²) in [7, 11) is 0. The van der Waals surface area contributed by atoms with Gasteiger partial charge < -0.3 is 64.9 Å². The zero-order valence-corrected chi connectivity index (χ0v) is 33.8. The fourth-order valence-corrected chi connectivity index (χ4v) is 12.3. The van der Waals surface area contributed by atoms with E-state index >= 15 is 0 Å². The summed E-state index contributed by atoms with van der Waals surface area (Å²) in [5, 5.41) is 96.1. The Morgan fingerprint density at radius 3 is 2.18 bits per heavy atom. The van der Waals surface area contributed by atoms with Crippen molar-refractivity contribution in [3.05, 3.63) is 11.6 Å². The lowest BCUT2D eigenvalue weighted by atomic mass is 9.34. The van der Waals surface area contributed by atoms with E-state index in [2.05, 4.69) is 34.6 Å². The zero-order chi connectivity index (χ0) is 41.5. The van der Waals surface area contributed by atoms with Crippen LogP contribution in [0.5, 0.6) is 0 Å². The molecule has 15 heteroatoms. The molecule has 0 aromatic heterocycles. The largest absolute Gasteiger partial charge is 0.481 e. The van der Waals surface area contributed by atoms with Crippen molar-refractivity contribution < 1.29 is 74.5 Å². The van der Waals surface area contributed by atoms with Gasteiger partial charge in [0.2, 0.25) is 0 Å². The van der Waals surface area contributed by atoms with Crippen molar-refractivity contribution in [3.8, 4) is 0 Å². The molecule has 19 atom stereocenters. The Balaban J connectivity index is 1.23. The second-order valence-corrected chi connectivity index (χ2v) is 19.4. The highest BCUT2D eigenvalue weighted by Crippen LogP contribution is 2.74. The Labute approximate surface area is 329 Å². The van der Waals surface area contributed by atoms with E-state index in [0.29, 0.717) is 24.8 Å². The second kappa shape index (κ2) is 15.5. The number of Topliss-reactive ketones (excluding diaryl/α,β-unsaturated/α-hetero) is 1. The summed E-state index contributed by atoms with van der Waals surface area (Å²) in [6.45, 7) is 13.1. The first-order chi connectivity index (χ1) is 26.0. The van der Waals surface area contributed by atoms with Crippen LogP contribution in [0.15, 0.2) is 11.6 Å². The van der Waals surface area contributed by atoms with Crippen LogP contribution in [0, 0.1) is 44.8 Å². The highest BCUT2D eigenvalue weighted by atomic mass is 16.8. The molecule has 2 saturated heterocycles. The van der Waals surface area contributed by atoms with E-state index in [1.54, 1.807) is 13.0 Å². The summed E-state index contributed by atoms with van der Waals surface area (Å²) >= 11 is 0. The van der Waals surface area contributed by atoms with Gasteiger partial charge in [-0.25, -0.2) is 0 Å². The maximum Gasteiger partial charge on any atom is 0.313 e. The fourth-order valence-electron chi connectivity index (χ4n) is 12.3. The Bertz CT molecular complexity index is 1500. The van der Waals surface area contributed by atoms with Crippen molar-refractivity contribution in [1.29, 1.82) is 0 Å². The standard InChI is InChI=1S/C41H66O15/c1-19(20(2)43)23(45)16-41(36(51)52)13-12-39(6)21(15-41)22(44)14-27-38(5)10-9-28(37(3,4)26(38)8-11-40(27,39)7)55-35-33(29(47)24(46)18-53-35)56-34-32(50)31(49)30(48)25(17-42)54-34/h15,19,22-35,42,44-50H,8-14,16-18H2,1-7H3,(H,51,52)/t19-,22?,23?,24-,25+,26-,27+,28-,29-,30+,31-,32+,33+,34-,35-,38-,39+,40+,41-/m0/s1. The SMILES string of the molecule is CC(=O)[C@H](C)C(O)C[C@@]1(C(=O)O)C=C2C(O)C[C@@H]3[C@@]4(C)CC[C@H](O[C@@H]5OC[C@H](O)[C@H](O)[C@H]5O[C@@H]5O[C@H](CO)[C@@H](O)[C@H](O)[C@H]5O)C(C)(C)[C@@H]4CC[C@@]3(C)[C@]2(C)CC1. The molecule has 320 valence electrons. The lowest BCUT2D eigenvalue weighted by Crippen LogP contribution is -2.66. The molecule has 15 nitrogen and oxygen atoms in total. The first kappa shape index (κ1) is 44.0. The Kier molecular flexibility index (Phi) is 12.1. The number of hydrogen-bond acceptors (Lipinski definition) is 14. The molecule has 6 rings (SSSR count). The lowest BCUT2D eigenvalue weighted by Gasteiger charge is -2.71. The van der Waals surface area contributed by atoms with E-state index in [1.165, 1.54) is 6.92 Å². The number of ether oxygens (including phenoxy) is 4. The number of rotatable bonds is 10. The second-order valence-electron chi connectivity index (χ2n) is 19.4. The van der Waals surface area contributed by atoms with Crippen molar-refractivity contribution >= 4 is 11.8 Å². The van der Waals surface area contributed by atoms with Gasteiger partial charge in [0.25, 0.3) is 0 Å². The average molecular weight is 799 g/mol. The summed E-state index contributed by atoms with van der Waals surface area (Å²) in [5.41, 5.74) is -2.22. The molecule has 2 aliphatic heterocycles. The van der Waals surface area contributed by atoms with Gasteiger partial charge in [-0.15, -0.1) is 0 Å². The van der Waals surface area contributed by atoms with Gasteiger partial charge in [-0.2, -0.15) is 0 Å². The molecule has 56 heavy (non-hydrogen) atoms. The highest BCUT2D eigenvalue weighted by molar-refractivity contribution is 5.80. The smallest absolute Gasteiger partial charge is 0.313 e. The van der Waals surface area contributed by atoms with Crippen molar-refractivity contribution in [3.63, 3.8) is 0 Å². The summed E-state index contributed by atoms with van der Waals surface area (Å²) in [4.78, 5) is 25.0. The van der Waals surface area contributed by atoms with Crippen LogP contribution in [-0.4, -0.2) is 145 Å². The van der Waals surface area contributed by atoms with Gasteiger partial charge >= 0.3 is 5.97 Å². The molecule has 6 aliphatic rings. The molecule has 0 aromatic rings. The van der Waals surface area contributed by atoms with Crippen molar-refractivity contribution in [2.24, 2.45) is 44.8 Å². The number of aliphatic hydroxyl groups excluding tert-OH is 8. The maximum atomic E-state index is 12.9. The summed E-state index contributed by atoms with van der Waals surface area (Å²) in [6.07, 6.45) is -9.97. The number of carbonyl (C=O) groups is 2. The number of fused-ring (bicyclic) bond motifs is 5. The number of carbonyl (C=O) groups excluding carboxylic acids is 1. The molecule has 0 aromatic carbocycles. The van der Waals surface area contributed by atoms with Crippen molar-refractivity contribution in [1.82, 2.24) is 0 Å². The van der Waals surface area contributed by atoms with Crippen LogP contribution in [0.2, 0.25) is 0 Å². The predicted octanol–water partition coefficient (Wildman–Crippen LogP) is 1.03. The Hall–Kier alpha value is -1.60. The number of aliphatic carboxylic acids is 1. The van der Waals surface area contributed by atoms with Gasteiger partial charge in [0, 0.05) is 5.92 Å².